The number of hydrogen-bond acceptors (Lipinski definition) is 4. The number of benzene rings is 3. The Bertz CT molecular complexity index is 1140. The Morgan fingerprint density at radius 1 is 0.788 bits per heavy atom. The number of amides is 3. The monoisotopic (exact) mass is 445 g/mol. The molecule has 0 saturated carbocycles. The third-order valence-corrected chi connectivity index (χ3v) is 4.98. The van der Waals surface area contributed by atoms with Gasteiger partial charge in [-0.15, -0.1) is 0 Å². The minimum atomic E-state index is -0.480. The summed E-state index contributed by atoms with van der Waals surface area (Å²) in [5.41, 5.74) is 7.59. The van der Waals surface area contributed by atoms with E-state index in [-0.39, 0.29) is 12.0 Å². The zero-order chi connectivity index (χ0) is 23.8. The first-order valence-corrected chi connectivity index (χ1v) is 10.7. The number of carbonyl (C=O) groups excluding carboxylic acids is 3. The Morgan fingerprint density at radius 3 is 2.03 bits per heavy atom. The summed E-state index contributed by atoms with van der Waals surface area (Å²) in [5, 5.41) is 2.79. The van der Waals surface area contributed by atoms with Crippen LogP contribution in [-0.4, -0.2) is 23.8 Å². The lowest BCUT2D eigenvalue weighted by Crippen LogP contribution is -2.41. The maximum atomic E-state index is 12.4. The quantitative estimate of drug-likeness (QED) is 0.467. The van der Waals surface area contributed by atoms with Gasteiger partial charge in [-0.05, 0) is 74.9 Å². The van der Waals surface area contributed by atoms with Crippen LogP contribution in [0, 0.1) is 6.92 Å². The van der Waals surface area contributed by atoms with Crippen molar-refractivity contribution in [2.24, 2.45) is 0 Å². The van der Waals surface area contributed by atoms with Crippen molar-refractivity contribution >= 4 is 23.4 Å². The molecule has 0 aromatic heterocycles. The Morgan fingerprint density at radius 2 is 1.39 bits per heavy atom. The molecule has 0 heterocycles. The van der Waals surface area contributed by atoms with Crippen LogP contribution in [0.15, 0.2) is 72.8 Å². The van der Waals surface area contributed by atoms with Crippen LogP contribution in [-0.2, 0) is 0 Å². The molecule has 1 atom stereocenters. The lowest BCUT2D eigenvalue weighted by Gasteiger charge is -2.13. The molecule has 3 N–H and O–H groups in total. The zero-order valence-electron chi connectivity index (χ0n) is 18.8. The molecule has 0 bridgehead atoms. The van der Waals surface area contributed by atoms with Crippen molar-refractivity contribution in [3.63, 3.8) is 0 Å². The van der Waals surface area contributed by atoms with Gasteiger partial charge in [0.05, 0.1) is 6.10 Å². The van der Waals surface area contributed by atoms with Gasteiger partial charge >= 0.3 is 0 Å². The van der Waals surface area contributed by atoms with Crippen molar-refractivity contribution in [3.8, 4) is 5.75 Å². The predicted molar refractivity (Wildman–Crippen MR) is 127 cm³/mol. The van der Waals surface area contributed by atoms with E-state index < -0.39 is 11.8 Å². The molecule has 7 heteroatoms. The molecule has 0 aliphatic carbocycles. The average Bonchev–Trinajstić information content (AvgIpc) is 2.82. The first kappa shape index (κ1) is 23.5. The summed E-state index contributed by atoms with van der Waals surface area (Å²) in [5.74, 6) is -0.582. The van der Waals surface area contributed by atoms with Crippen molar-refractivity contribution in [1.82, 2.24) is 10.9 Å². The van der Waals surface area contributed by atoms with Gasteiger partial charge in [-0.3, -0.25) is 25.2 Å². The number of nitrogens with one attached hydrogen (secondary N) is 3. The van der Waals surface area contributed by atoms with Crippen molar-refractivity contribution < 1.29 is 19.1 Å². The highest BCUT2D eigenvalue weighted by Gasteiger charge is 2.12. The van der Waals surface area contributed by atoms with Crippen LogP contribution in [0.1, 0.15) is 56.9 Å². The van der Waals surface area contributed by atoms with E-state index in [9.17, 15) is 14.4 Å². The zero-order valence-corrected chi connectivity index (χ0v) is 18.8. The summed E-state index contributed by atoms with van der Waals surface area (Å²) in [4.78, 5) is 37.1. The third kappa shape index (κ3) is 6.67. The topological polar surface area (TPSA) is 96.5 Å². The van der Waals surface area contributed by atoms with E-state index >= 15 is 0 Å². The van der Waals surface area contributed by atoms with Crippen LogP contribution in [0.3, 0.4) is 0 Å². The maximum absolute atomic E-state index is 12.4. The highest BCUT2D eigenvalue weighted by Crippen LogP contribution is 2.16. The summed E-state index contributed by atoms with van der Waals surface area (Å²) in [7, 11) is 0. The number of hydrazine groups is 1. The van der Waals surface area contributed by atoms with Gasteiger partial charge < -0.3 is 10.1 Å². The summed E-state index contributed by atoms with van der Waals surface area (Å²) < 4.78 is 5.72. The molecule has 3 rings (SSSR count). The van der Waals surface area contributed by atoms with Gasteiger partial charge in [0.1, 0.15) is 5.75 Å². The second kappa shape index (κ2) is 10.9. The Hall–Kier alpha value is -4.13. The van der Waals surface area contributed by atoms with Gasteiger partial charge in [0, 0.05) is 22.4 Å². The van der Waals surface area contributed by atoms with E-state index in [0.717, 1.165) is 12.0 Å². The molecule has 0 saturated heterocycles. The van der Waals surface area contributed by atoms with Crippen LogP contribution < -0.4 is 20.9 Å². The van der Waals surface area contributed by atoms with Crippen LogP contribution in [0.2, 0.25) is 0 Å². The number of rotatable bonds is 7. The van der Waals surface area contributed by atoms with Gasteiger partial charge in [0.2, 0.25) is 0 Å². The highest BCUT2D eigenvalue weighted by atomic mass is 16.5. The van der Waals surface area contributed by atoms with Gasteiger partial charge in [-0.2, -0.15) is 0 Å². The average molecular weight is 446 g/mol. The van der Waals surface area contributed by atoms with Gasteiger partial charge in [0.25, 0.3) is 17.7 Å². The lowest BCUT2D eigenvalue weighted by molar-refractivity contribution is 0.0846. The number of carbonyl (C=O) groups is 3. The summed E-state index contributed by atoms with van der Waals surface area (Å²) in [6.45, 7) is 5.88. The van der Waals surface area contributed by atoms with Gasteiger partial charge in [-0.25, -0.2) is 0 Å². The minimum Gasteiger partial charge on any atom is -0.491 e. The van der Waals surface area contributed by atoms with Crippen LogP contribution >= 0.6 is 0 Å². The fourth-order valence-corrected chi connectivity index (χ4v) is 2.98. The maximum Gasteiger partial charge on any atom is 0.269 e. The molecule has 3 amide bonds. The van der Waals surface area contributed by atoms with E-state index in [4.69, 9.17) is 4.74 Å². The summed E-state index contributed by atoms with van der Waals surface area (Å²) in [6, 6.07) is 20.4. The molecular weight excluding hydrogens is 418 g/mol. The first-order valence-electron chi connectivity index (χ1n) is 10.7. The van der Waals surface area contributed by atoms with Crippen LogP contribution in [0.5, 0.6) is 5.75 Å². The molecule has 0 aliphatic rings. The molecule has 0 radical (unpaired) electrons. The highest BCUT2D eigenvalue weighted by molar-refractivity contribution is 6.05. The van der Waals surface area contributed by atoms with Gasteiger partial charge in [-0.1, -0.05) is 30.7 Å². The molecule has 33 heavy (non-hydrogen) atoms. The number of ether oxygens (including phenoxy) is 1. The molecule has 3 aromatic carbocycles. The molecule has 0 aliphatic heterocycles. The van der Waals surface area contributed by atoms with Gasteiger partial charge in [0.15, 0.2) is 0 Å². The second-order valence-electron chi connectivity index (χ2n) is 7.67. The Balaban J connectivity index is 1.55. The van der Waals surface area contributed by atoms with Crippen LogP contribution in [0.25, 0.3) is 0 Å². The fraction of sp³-hybridized carbons (Fsp3) is 0.192. The fourth-order valence-electron chi connectivity index (χ4n) is 2.98. The van der Waals surface area contributed by atoms with Crippen molar-refractivity contribution in [3.05, 3.63) is 95.1 Å². The molecule has 0 spiro atoms. The minimum absolute atomic E-state index is 0.0348. The Labute approximate surface area is 193 Å². The SMILES string of the molecule is CCC(C)Oc1cccc(C(=O)NNC(=O)c2ccc(NC(=O)c3cccc(C)c3)cc2)c1. The molecule has 170 valence electrons. The standard InChI is InChI=1S/C26H27N3O4/c1-4-18(3)33-23-10-6-9-21(16-23)26(32)29-28-25(31)19-11-13-22(14-12-19)27-24(30)20-8-5-7-17(2)15-20/h5-16,18H,4H2,1-3H3,(H,27,30)(H,28,31)(H,29,32). The molecule has 7 nitrogen and oxygen atoms in total. The second-order valence-corrected chi connectivity index (χ2v) is 7.67. The largest absolute Gasteiger partial charge is 0.491 e. The first-order chi connectivity index (χ1) is 15.9. The van der Waals surface area contributed by atoms with Crippen molar-refractivity contribution in [2.45, 2.75) is 33.3 Å². The number of hydrogen-bond donors (Lipinski definition) is 3. The third-order valence-electron chi connectivity index (χ3n) is 4.98. The molecular formula is C26H27N3O4. The van der Waals surface area contributed by atoms with E-state index in [1.54, 1.807) is 60.7 Å². The molecule has 3 aromatic rings. The van der Waals surface area contributed by atoms with E-state index in [0.29, 0.717) is 28.1 Å². The van der Waals surface area contributed by atoms with Crippen LogP contribution in [0.4, 0.5) is 5.69 Å². The Kier molecular flexibility index (Phi) is 7.81. The summed E-state index contributed by atoms with van der Waals surface area (Å²) in [6.07, 6.45) is 0.883. The van der Waals surface area contributed by atoms with Crippen molar-refractivity contribution in [1.29, 1.82) is 0 Å². The van der Waals surface area contributed by atoms with E-state index in [1.807, 2.05) is 32.9 Å². The van der Waals surface area contributed by atoms with Crippen molar-refractivity contribution in [2.75, 3.05) is 5.32 Å². The predicted octanol–water partition coefficient (Wildman–Crippen LogP) is 4.50. The molecule has 1 unspecified atom stereocenters. The summed E-state index contributed by atoms with van der Waals surface area (Å²) >= 11 is 0. The van der Waals surface area contributed by atoms with E-state index in [1.165, 1.54) is 0 Å². The smallest absolute Gasteiger partial charge is 0.269 e. The normalized spacial score (nSPS) is 11.2. The molecule has 0 fully saturated rings. The number of aryl methyl sites for hydroxylation is 1. The number of anilines is 1. The van der Waals surface area contributed by atoms with E-state index in [2.05, 4.69) is 16.2 Å². The lowest BCUT2D eigenvalue weighted by atomic mass is 10.1.